The lowest BCUT2D eigenvalue weighted by Crippen LogP contribution is -2.45. The Labute approximate surface area is 122 Å². The van der Waals surface area contributed by atoms with E-state index in [2.05, 4.69) is 92.1 Å². The summed E-state index contributed by atoms with van der Waals surface area (Å²) < 4.78 is 0. The quantitative estimate of drug-likeness (QED) is 0.697. The number of hydrogen-bond donors (Lipinski definition) is 0. The Bertz CT molecular complexity index is 487. The molecular formula is C19H23N. The summed E-state index contributed by atoms with van der Waals surface area (Å²) in [5, 5.41) is 0. The highest BCUT2D eigenvalue weighted by molar-refractivity contribution is 5.43. The van der Waals surface area contributed by atoms with Gasteiger partial charge in [-0.1, -0.05) is 80.6 Å². The topological polar surface area (TPSA) is 3.24 Å². The second-order valence-corrected chi connectivity index (χ2v) is 4.87. The van der Waals surface area contributed by atoms with Gasteiger partial charge in [0.05, 0.1) is 5.54 Å². The molecule has 0 unspecified atom stereocenters. The molecule has 0 saturated heterocycles. The lowest BCUT2D eigenvalue weighted by Gasteiger charge is -2.42. The molecule has 1 nitrogen and oxygen atoms in total. The van der Waals surface area contributed by atoms with Gasteiger partial charge < -0.3 is 0 Å². The summed E-state index contributed by atoms with van der Waals surface area (Å²) in [6.07, 6.45) is 2.07. The Kier molecular flexibility index (Phi) is 4.75. The molecule has 104 valence electrons. The van der Waals surface area contributed by atoms with Gasteiger partial charge in [-0.05, 0) is 24.2 Å². The molecule has 0 atom stereocenters. The highest BCUT2D eigenvalue weighted by Gasteiger charge is 2.35. The van der Waals surface area contributed by atoms with Gasteiger partial charge in [-0.2, -0.15) is 0 Å². The Morgan fingerprint density at radius 2 is 1.25 bits per heavy atom. The number of rotatable bonds is 6. The minimum absolute atomic E-state index is 0.258. The standard InChI is InChI=1S/C19H23N/c1-4-19(20(5-2)6-3,17-13-9-7-10-14-17)18-15-11-8-12-16-18/h4,7-16H,1,5-6H2,2-3H3. The minimum Gasteiger partial charge on any atom is -0.287 e. The van der Waals surface area contributed by atoms with Crippen LogP contribution in [0.4, 0.5) is 0 Å². The first-order valence-electron chi connectivity index (χ1n) is 7.29. The van der Waals surface area contributed by atoms with Crippen molar-refractivity contribution < 1.29 is 0 Å². The summed E-state index contributed by atoms with van der Waals surface area (Å²) in [6.45, 7) is 10.5. The van der Waals surface area contributed by atoms with Crippen molar-refractivity contribution in [2.24, 2.45) is 0 Å². The van der Waals surface area contributed by atoms with Crippen molar-refractivity contribution >= 4 is 0 Å². The van der Waals surface area contributed by atoms with E-state index in [1.807, 2.05) is 0 Å². The van der Waals surface area contributed by atoms with E-state index in [-0.39, 0.29) is 5.54 Å². The fourth-order valence-corrected chi connectivity index (χ4v) is 3.00. The molecule has 0 aromatic heterocycles. The summed E-state index contributed by atoms with van der Waals surface area (Å²) in [4.78, 5) is 2.45. The molecule has 0 bridgehead atoms. The summed E-state index contributed by atoms with van der Waals surface area (Å²) in [7, 11) is 0. The highest BCUT2D eigenvalue weighted by Crippen LogP contribution is 2.36. The average Bonchev–Trinajstić information content (AvgIpc) is 2.54. The molecule has 20 heavy (non-hydrogen) atoms. The van der Waals surface area contributed by atoms with Crippen LogP contribution >= 0.6 is 0 Å². The summed E-state index contributed by atoms with van der Waals surface area (Å²) in [5.74, 6) is 0. The predicted octanol–water partition coefficient (Wildman–Crippen LogP) is 4.46. The predicted molar refractivity (Wildman–Crippen MR) is 86.8 cm³/mol. The molecule has 2 aromatic rings. The maximum atomic E-state index is 4.16. The second kappa shape index (κ2) is 6.53. The third-order valence-corrected chi connectivity index (χ3v) is 3.99. The zero-order valence-corrected chi connectivity index (χ0v) is 12.4. The van der Waals surface area contributed by atoms with E-state index in [1.165, 1.54) is 11.1 Å². The maximum Gasteiger partial charge on any atom is 0.0899 e. The molecule has 0 radical (unpaired) electrons. The molecule has 0 N–H and O–H groups in total. The Hall–Kier alpha value is -1.86. The van der Waals surface area contributed by atoms with E-state index in [1.54, 1.807) is 0 Å². The lowest BCUT2D eigenvalue weighted by molar-refractivity contribution is 0.183. The molecule has 0 amide bonds. The van der Waals surface area contributed by atoms with Gasteiger partial charge in [-0.15, -0.1) is 6.58 Å². The minimum atomic E-state index is -0.258. The molecular weight excluding hydrogens is 242 g/mol. The van der Waals surface area contributed by atoms with Gasteiger partial charge in [-0.3, -0.25) is 4.90 Å². The molecule has 2 aromatic carbocycles. The van der Waals surface area contributed by atoms with E-state index in [0.29, 0.717) is 0 Å². The average molecular weight is 265 g/mol. The molecule has 0 aliphatic carbocycles. The molecule has 0 fully saturated rings. The monoisotopic (exact) mass is 265 g/mol. The van der Waals surface area contributed by atoms with Gasteiger partial charge >= 0.3 is 0 Å². The van der Waals surface area contributed by atoms with Crippen LogP contribution in [0, 0.1) is 0 Å². The molecule has 1 heteroatoms. The van der Waals surface area contributed by atoms with E-state index in [9.17, 15) is 0 Å². The fourth-order valence-electron chi connectivity index (χ4n) is 3.00. The van der Waals surface area contributed by atoms with Gasteiger partial charge in [0.1, 0.15) is 0 Å². The van der Waals surface area contributed by atoms with Crippen LogP contribution < -0.4 is 0 Å². The smallest absolute Gasteiger partial charge is 0.0899 e. The SMILES string of the molecule is C=CC(c1ccccc1)(c1ccccc1)N(CC)CC. The van der Waals surface area contributed by atoms with Crippen molar-refractivity contribution in [2.45, 2.75) is 19.4 Å². The molecule has 0 saturated carbocycles. The van der Waals surface area contributed by atoms with Gasteiger partial charge in [0.25, 0.3) is 0 Å². The highest BCUT2D eigenvalue weighted by atomic mass is 15.2. The summed E-state index contributed by atoms with van der Waals surface area (Å²) in [5.41, 5.74) is 2.28. The second-order valence-electron chi connectivity index (χ2n) is 4.87. The van der Waals surface area contributed by atoms with Crippen LogP contribution in [0.2, 0.25) is 0 Å². The molecule has 0 spiro atoms. The van der Waals surface area contributed by atoms with Crippen molar-refractivity contribution in [1.82, 2.24) is 4.90 Å². The van der Waals surface area contributed by atoms with Crippen molar-refractivity contribution in [1.29, 1.82) is 0 Å². The van der Waals surface area contributed by atoms with Crippen molar-refractivity contribution in [3.63, 3.8) is 0 Å². The van der Waals surface area contributed by atoms with Gasteiger partial charge in [0.2, 0.25) is 0 Å². The first-order chi connectivity index (χ1) is 9.79. The van der Waals surface area contributed by atoms with Crippen LogP contribution in [0.3, 0.4) is 0 Å². The van der Waals surface area contributed by atoms with E-state index in [0.717, 1.165) is 13.1 Å². The van der Waals surface area contributed by atoms with Gasteiger partial charge in [0, 0.05) is 0 Å². The first-order valence-corrected chi connectivity index (χ1v) is 7.29. The maximum absolute atomic E-state index is 4.16. The lowest BCUT2D eigenvalue weighted by atomic mass is 9.81. The normalized spacial score (nSPS) is 11.6. The molecule has 2 rings (SSSR count). The van der Waals surface area contributed by atoms with Crippen LogP contribution in [0.25, 0.3) is 0 Å². The zero-order valence-electron chi connectivity index (χ0n) is 12.4. The number of nitrogens with zero attached hydrogens (tertiary/aromatic N) is 1. The molecule has 0 aliphatic heterocycles. The Morgan fingerprint density at radius 3 is 1.55 bits per heavy atom. The Balaban J connectivity index is 2.67. The zero-order chi connectivity index (χ0) is 14.4. The third-order valence-electron chi connectivity index (χ3n) is 3.99. The molecule has 0 heterocycles. The number of likely N-dealkylation sites (N-methyl/N-ethyl adjacent to an activating group) is 1. The van der Waals surface area contributed by atoms with Crippen molar-refractivity contribution in [3.05, 3.63) is 84.4 Å². The third kappa shape index (κ3) is 2.41. The summed E-state index contributed by atoms with van der Waals surface area (Å²) in [6, 6.07) is 21.3. The van der Waals surface area contributed by atoms with Crippen LogP contribution in [-0.4, -0.2) is 18.0 Å². The summed E-state index contributed by atoms with van der Waals surface area (Å²) >= 11 is 0. The first kappa shape index (κ1) is 14.5. The molecule has 0 aliphatic rings. The van der Waals surface area contributed by atoms with Crippen LogP contribution in [0.1, 0.15) is 25.0 Å². The van der Waals surface area contributed by atoms with Gasteiger partial charge in [0.15, 0.2) is 0 Å². The Morgan fingerprint density at radius 1 is 0.850 bits per heavy atom. The van der Waals surface area contributed by atoms with Crippen LogP contribution in [0.15, 0.2) is 73.3 Å². The fraction of sp³-hybridized carbons (Fsp3) is 0.263. The number of hydrogen-bond acceptors (Lipinski definition) is 1. The number of benzene rings is 2. The van der Waals surface area contributed by atoms with Crippen molar-refractivity contribution in [2.75, 3.05) is 13.1 Å². The van der Waals surface area contributed by atoms with Crippen LogP contribution in [-0.2, 0) is 5.54 Å². The van der Waals surface area contributed by atoms with E-state index < -0.39 is 0 Å². The van der Waals surface area contributed by atoms with Crippen LogP contribution in [0.5, 0.6) is 0 Å². The largest absolute Gasteiger partial charge is 0.287 e. The van der Waals surface area contributed by atoms with Gasteiger partial charge in [-0.25, -0.2) is 0 Å². The van der Waals surface area contributed by atoms with E-state index >= 15 is 0 Å². The van der Waals surface area contributed by atoms with E-state index in [4.69, 9.17) is 0 Å². The van der Waals surface area contributed by atoms with Crippen molar-refractivity contribution in [3.8, 4) is 0 Å².